The predicted octanol–water partition coefficient (Wildman–Crippen LogP) is 1.39. The lowest BCUT2D eigenvalue weighted by Gasteiger charge is -2.18. The maximum Gasteiger partial charge on any atom is 0.132 e. The van der Waals surface area contributed by atoms with Crippen LogP contribution in [0.2, 0.25) is 0 Å². The monoisotopic (exact) mass is 279 g/mol. The third kappa shape index (κ3) is 2.78. The van der Waals surface area contributed by atoms with Crippen molar-refractivity contribution in [3.05, 3.63) is 41.5 Å². The van der Waals surface area contributed by atoms with Crippen molar-refractivity contribution in [1.82, 2.24) is 20.4 Å². The summed E-state index contributed by atoms with van der Waals surface area (Å²) in [4.78, 5) is 0. The van der Waals surface area contributed by atoms with Crippen molar-refractivity contribution in [2.45, 2.75) is 25.9 Å². The van der Waals surface area contributed by atoms with Crippen molar-refractivity contribution >= 4 is 0 Å². The van der Waals surface area contributed by atoms with E-state index in [9.17, 15) is 4.39 Å². The first-order chi connectivity index (χ1) is 9.71. The van der Waals surface area contributed by atoms with Crippen LogP contribution in [-0.2, 0) is 6.54 Å². The van der Waals surface area contributed by atoms with Crippen LogP contribution >= 0.6 is 0 Å². The molecule has 0 fully saturated rings. The van der Waals surface area contributed by atoms with Crippen LogP contribution in [0, 0.1) is 5.82 Å². The molecule has 7 heteroatoms. The number of halogens is 1. The predicted molar refractivity (Wildman–Crippen MR) is 72.4 cm³/mol. The van der Waals surface area contributed by atoms with Crippen LogP contribution in [0.15, 0.2) is 24.4 Å². The van der Waals surface area contributed by atoms with Crippen molar-refractivity contribution < 1.29 is 9.13 Å². The second-order valence-corrected chi connectivity index (χ2v) is 4.37. The van der Waals surface area contributed by atoms with E-state index in [0.29, 0.717) is 17.9 Å². The molecule has 0 aliphatic heterocycles. The van der Waals surface area contributed by atoms with Crippen LogP contribution < -0.4 is 16.0 Å². The van der Waals surface area contributed by atoms with E-state index in [1.807, 2.05) is 6.92 Å². The number of hydrogen-bond donors (Lipinski definition) is 2. The summed E-state index contributed by atoms with van der Waals surface area (Å²) in [5, 5.41) is 7.86. The summed E-state index contributed by atoms with van der Waals surface area (Å²) in [5.74, 6) is 5.65. The molecule has 1 atom stereocenters. The summed E-state index contributed by atoms with van der Waals surface area (Å²) in [6, 6.07) is 4.15. The molecule has 1 heterocycles. The van der Waals surface area contributed by atoms with E-state index in [1.165, 1.54) is 13.2 Å². The van der Waals surface area contributed by atoms with E-state index in [0.717, 1.165) is 12.1 Å². The van der Waals surface area contributed by atoms with E-state index in [2.05, 4.69) is 15.7 Å². The minimum atomic E-state index is -0.512. The van der Waals surface area contributed by atoms with Crippen LogP contribution in [-0.4, -0.2) is 22.1 Å². The van der Waals surface area contributed by atoms with Crippen molar-refractivity contribution in [1.29, 1.82) is 0 Å². The van der Waals surface area contributed by atoms with Gasteiger partial charge in [0.15, 0.2) is 0 Å². The average Bonchev–Trinajstić information content (AvgIpc) is 2.90. The van der Waals surface area contributed by atoms with Crippen LogP contribution in [0.5, 0.6) is 5.75 Å². The second kappa shape index (κ2) is 6.44. The number of aryl methyl sites for hydroxylation is 1. The maximum absolute atomic E-state index is 14.2. The maximum atomic E-state index is 14.2. The fraction of sp³-hybridized carbons (Fsp3) is 0.385. The molecule has 1 aromatic heterocycles. The molecule has 20 heavy (non-hydrogen) atoms. The summed E-state index contributed by atoms with van der Waals surface area (Å²) < 4.78 is 20.9. The Kier molecular flexibility index (Phi) is 4.65. The van der Waals surface area contributed by atoms with Crippen LogP contribution in [0.4, 0.5) is 4.39 Å². The fourth-order valence-electron chi connectivity index (χ4n) is 2.08. The lowest BCUT2D eigenvalue weighted by atomic mass is 10.0. The third-order valence-corrected chi connectivity index (χ3v) is 3.06. The smallest absolute Gasteiger partial charge is 0.132 e. The molecule has 3 N–H and O–H groups in total. The van der Waals surface area contributed by atoms with Gasteiger partial charge in [0.1, 0.15) is 11.6 Å². The number of ether oxygens (including phenoxy) is 1. The largest absolute Gasteiger partial charge is 0.497 e. The third-order valence-electron chi connectivity index (χ3n) is 3.06. The van der Waals surface area contributed by atoms with Gasteiger partial charge in [-0.3, -0.25) is 5.84 Å². The SMILES string of the molecule is CCCn1nncc1C(NN)c1ccc(OC)cc1F. The van der Waals surface area contributed by atoms with Gasteiger partial charge in [0.25, 0.3) is 0 Å². The second-order valence-electron chi connectivity index (χ2n) is 4.37. The van der Waals surface area contributed by atoms with Gasteiger partial charge in [-0.15, -0.1) is 5.10 Å². The van der Waals surface area contributed by atoms with Gasteiger partial charge in [0.05, 0.1) is 25.0 Å². The molecular weight excluding hydrogens is 261 g/mol. The van der Waals surface area contributed by atoms with E-state index < -0.39 is 11.9 Å². The Labute approximate surface area is 116 Å². The highest BCUT2D eigenvalue weighted by Crippen LogP contribution is 2.26. The number of nitrogens with two attached hydrogens (primary N) is 1. The highest BCUT2D eigenvalue weighted by atomic mass is 19.1. The minimum absolute atomic E-state index is 0.392. The molecule has 0 aliphatic rings. The Bertz CT molecular complexity index is 572. The fourth-order valence-corrected chi connectivity index (χ4v) is 2.08. The summed E-state index contributed by atoms with van der Waals surface area (Å²) in [7, 11) is 1.49. The zero-order valence-electron chi connectivity index (χ0n) is 11.5. The van der Waals surface area contributed by atoms with Gasteiger partial charge in [-0.05, 0) is 12.5 Å². The van der Waals surface area contributed by atoms with Gasteiger partial charge in [-0.25, -0.2) is 14.5 Å². The molecule has 1 aromatic carbocycles. The van der Waals surface area contributed by atoms with Gasteiger partial charge in [0.2, 0.25) is 0 Å². The van der Waals surface area contributed by atoms with Crippen molar-refractivity contribution in [2.24, 2.45) is 5.84 Å². The molecule has 0 amide bonds. The number of aromatic nitrogens is 3. The molecule has 0 saturated heterocycles. The first-order valence-electron chi connectivity index (χ1n) is 6.39. The van der Waals surface area contributed by atoms with Gasteiger partial charge >= 0.3 is 0 Å². The standard InChI is InChI=1S/C13H18FN5O/c1-3-6-19-12(8-16-18-19)13(17-15)10-5-4-9(20-2)7-11(10)14/h4-5,7-8,13,17H,3,6,15H2,1-2H3. The number of hydrazine groups is 1. The van der Waals surface area contributed by atoms with Crippen LogP contribution in [0.3, 0.4) is 0 Å². The zero-order valence-corrected chi connectivity index (χ0v) is 11.5. The van der Waals surface area contributed by atoms with Gasteiger partial charge in [-0.1, -0.05) is 18.2 Å². The highest BCUT2D eigenvalue weighted by molar-refractivity contribution is 5.34. The summed E-state index contributed by atoms with van der Waals surface area (Å²) >= 11 is 0. The molecule has 6 nitrogen and oxygen atoms in total. The zero-order chi connectivity index (χ0) is 14.5. The Hall–Kier alpha value is -1.99. The summed E-state index contributed by atoms with van der Waals surface area (Å²) in [6.45, 7) is 2.73. The Morgan fingerprint density at radius 3 is 2.90 bits per heavy atom. The number of benzene rings is 1. The Morgan fingerprint density at radius 1 is 1.50 bits per heavy atom. The molecule has 0 spiro atoms. The lowest BCUT2D eigenvalue weighted by Crippen LogP contribution is -2.31. The van der Waals surface area contributed by atoms with E-state index in [1.54, 1.807) is 23.0 Å². The lowest BCUT2D eigenvalue weighted by molar-refractivity contribution is 0.409. The van der Waals surface area contributed by atoms with Gasteiger partial charge in [-0.2, -0.15) is 0 Å². The Morgan fingerprint density at radius 2 is 2.30 bits per heavy atom. The van der Waals surface area contributed by atoms with E-state index >= 15 is 0 Å². The number of hydrogen-bond acceptors (Lipinski definition) is 5. The quantitative estimate of drug-likeness (QED) is 0.617. The first kappa shape index (κ1) is 14.4. The Balaban J connectivity index is 2.39. The molecule has 0 radical (unpaired) electrons. The molecule has 1 unspecified atom stereocenters. The molecular formula is C13H18FN5O. The summed E-state index contributed by atoms with van der Waals surface area (Å²) in [6.07, 6.45) is 2.49. The van der Waals surface area contributed by atoms with E-state index in [-0.39, 0.29) is 0 Å². The number of nitrogens with one attached hydrogen (secondary N) is 1. The van der Waals surface area contributed by atoms with Crippen LogP contribution in [0.1, 0.15) is 30.6 Å². The average molecular weight is 279 g/mol. The minimum Gasteiger partial charge on any atom is -0.497 e. The van der Waals surface area contributed by atoms with Crippen molar-refractivity contribution in [3.63, 3.8) is 0 Å². The topological polar surface area (TPSA) is 78.0 Å². The van der Waals surface area contributed by atoms with Crippen molar-refractivity contribution in [2.75, 3.05) is 7.11 Å². The summed E-state index contributed by atoms with van der Waals surface area (Å²) in [5.41, 5.74) is 3.76. The van der Waals surface area contributed by atoms with Gasteiger partial charge in [0, 0.05) is 18.2 Å². The molecule has 0 aliphatic carbocycles. The highest BCUT2D eigenvalue weighted by Gasteiger charge is 2.21. The van der Waals surface area contributed by atoms with Crippen molar-refractivity contribution in [3.8, 4) is 5.75 Å². The molecule has 2 aromatic rings. The van der Waals surface area contributed by atoms with E-state index in [4.69, 9.17) is 10.6 Å². The number of rotatable bonds is 6. The number of methoxy groups -OCH3 is 1. The van der Waals surface area contributed by atoms with Gasteiger partial charge < -0.3 is 4.74 Å². The van der Waals surface area contributed by atoms with Crippen LogP contribution in [0.25, 0.3) is 0 Å². The molecule has 0 bridgehead atoms. The normalized spacial score (nSPS) is 12.4. The first-order valence-corrected chi connectivity index (χ1v) is 6.39. The number of nitrogens with zero attached hydrogens (tertiary/aromatic N) is 3. The molecule has 2 rings (SSSR count). The molecule has 0 saturated carbocycles. The molecule has 108 valence electrons.